The van der Waals surface area contributed by atoms with Gasteiger partial charge < -0.3 is 9.30 Å². The Labute approximate surface area is 126 Å². The second-order valence-corrected chi connectivity index (χ2v) is 6.34. The first-order valence-corrected chi connectivity index (χ1v) is 7.35. The molecular formula is C16H23N3O2. The summed E-state index contributed by atoms with van der Waals surface area (Å²) in [5, 5.41) is 0. The van der Waals surface area contributed by atoms with Crippen LogP contribution in [0.5, 0.6) is 0 Å². The van der Waals surface area contributed by atoms with Crippen LogP contribution in [-0.2, 0) is 11.3 Å². The average molecular weight is 289 g/mol. The minimum absolute atomic E-state index is 0.00977. The van der Waals surface area contributed by atoms with Crippen molar-refractivity contribution >= 4 is 6.09 Å². The van der Waals surface area contributed by atoms with Crippen LogP contribution in [0.2, 0.25) is 0 Å². The second kappa shape index (κ2) is 6.21. The summed E-state index contributed by atoms with van der Waals surface area (Å²) in [6.07, 6.45) is 11.6. The van der Waals surface area contributed by atoms with Crippen molar-refractivity contribution < 1.29 is 9.53 Å². The summed E-state index contributed by atoms with van der Waals surface area (Å²) in [5.74, 6) is 2.62. The van der Waals surface area contributed by atoms with E-state index in [0.29, 0.717) is 13.1 Å². The summed E-state index contributed by atoms with van der Waals surface area (Å²) in [4.78, 5) is 18.4. The summed E-state index contributed by atoms with van der Waals surface area (Å²) in [7, 11) is 0. The molecule has 1 aromatic rings. The topological polar surface area (TPSA) is 47.4 Å². The van der Waals surface area contributed by atoms with Crippen molar-refractivity contribution in [3.05, 3.63) is 18.2 Å². The van der Waals surface area contributed by atoms with E-state index in [1.54, 1.807) is 17.4 Å². The highest BCUT2D eigenvalue weighted by molar-refractivity contribution is 5.69. The molecule has 0 aliphatic carbocycles. The molecule has 114 valence electrons. The van der Waals surface area contributed by atoms with Gasteiger partial charge in [0.25, 0.3) is 0 Å². The number of aromatic nitrogens is 2. The molecule has 1 aliphatic rings. The Balaban J connectivity index is 2.21. The molecule has 5 nitrogen and oxygen atoms in total. The number of amides is 1. The van der Waals surface area contributed by atoms with E-state index < -0.39 is 5.60 Å². The van der Waals surface area contributed by atoms with Gasteiger partial charge in [-0.25, -0.2) is 9.78 Å². The predicted molar refractivity (Wildman–Crippen MR) is 80.6 cm³/mol. The summed E-state index contributed by atoms with van der Waals surface area (Å²) < 4.78 is 7.45. The number of carbonyl (C=O) groups is 1. The number of terminal acetylenes is 1. The first-order valence-electron chi connectivity index (χ1n) is 7.35. The van der Waals surface area contributed by atoms with Gasteiger partial charge in [0.1, 0.15) is 5.60 Å². The van der Waals surface area contributed by atoms with Crippen LogP contribution in [0.15, 0.2) is 12.5 Å². The van der Waals surface area contributed by atoms with E-state index in [0.717, 1.165) is 25.0 Å². The number of hydrogen-bond acceptors (Lipinski definition) is 3. The van der Waals surface area contributed by atoms with E-state index in [1.807, 2.05) is 25.3 Å². The van der Waals surface area contributed by atoms with Gasteiger partial charge >= 0.3 is 6.09 Å². The van der Waals surface area contributed by atoms with Gasteiger partial charge in [-0.05, 0) is 40.0 Å². The molecule has 0 bridgehead atoms. The van der Waals surface area contributed by atoms with E-state index in [4.69, 9.17) is 11.2 Å². The van der Waals surface area contributed by atoms with Crippen molar-refractivity contribution in [2.45, 2.75) is 58.2 Å². The lowest BCUT2D eigenvalue weighted by Crippen LogP contribution is -2.42. The molecule has 1 fully saturated rings. The Bertz CT molecular complexity index is 536. The molecule has 1 aromatic heterocycles. The molecule has 0 N–H and O–H groups in total. The monoisotopic (exact) mass is 289 g/mol. The molecule has 0 aromatic carbocycles. The number of imidazole rings is 1. The molecule has 21 heavy (non-hydrogen) atoms. The zero-order valence-electron chi connectivity index (χ0n) is 13.0. The molecule has 0 saturated carbocycles. The Hall–Kier alpha value is -1.96. The van der Waals surface area contributed by atoms with E-state index in [1.165, 1.54) is 0 Å². The largest absolute Gasteiger partial charge is 0.444 e. The highest BCUT2D eigenvalue weighted by Gasteiger charge is 2.32. The summed E-state index contributed by atoms with van der Waals surface area (Å²) >= 11 is 0. The van der Waals surface area contributed by atoms with Crippen LogP contribution < -0.4 is 0 Å². The lowest BCUT2D eigenvalue weighted by atomic mass is 10.00. The lowest BCUT2D eigenvalue weighted by Gasteiger charge is -2.36. The molecule has 1 aliphatic heterocycles. The highest BCUT2D eigenvalue weighted by atomic mass is 16.6. The summed E-state index contributed by atoms with van der Waals surface area (Å²) in [6.45, 7) is 6.82. The van der Waals surface area contributed by atoms with Gasteiger partial charge in [-0.2, -0.15) is 0 Å². The van der Waals surface area contributed by atoms with Crippen molar-refractivity contribution in [1.29, 1.82) is 0 Å². The second-order valence-electron chi connectivity index (χ2n) is 6.34. The Kier molecular flexibility index (Phi) is 4.56. The molecule has 1 atom stereocenters. The fourth-order valence-corrected chi connectivity index (χ4v) is 2.62. The Morgan fingerprint density at radius 1 is 1.52 bits per heavy atom. The predicted octanol–water partition coefficient (Wildman–Crippen LogP) is 2.98. The maximum Gasteiger partial charge on any atom is 0.410 e. The number of rotatable bonds is 2. The standard InChI is InChI=1S/C16H23N3O2/c1-5-9-18-12-17-11-14(18)13-8-6-7-10-19(13)15(20)21-16(2,3)4/h1,11-13H,6-10H2,2-4H3. The van der Waals surface area contributed by atoms with Crippen LogP contribution in [0.3, 0.4) is 0 Å². The van der Waals surface area contributed by atoms with Crippen LogP contribution in [0, 0.1) is 12.3 Å². The average Bonchev–Trinajstić information content (AvgIpc) is 2.85. The van der Waals surface area contributed by atoms with Crippen molar-refractivity contribution in [2.24, 2.45) is 0 Å². The normalized spacial score (nSPS) is 19.1. The maximum absolute atomic E-state index is 12.4. The molecule has 2 rings (SSSR count). The van der Waals surface area contributed by atoms with Gasteiger partial charge in [0.05, 0.1) is 30.8 Å². The van der Waals surface area contributed by atoms with Gasteiger partial charge in [-0.15, -0.1) is 6.42 Å². The number of ether oxygens (including phenoxy) is 1. The zero-order chi connectivity index (χ0) is 15.5. The van der Waals surface area contributed by atoms with Crippen molar-refractivity contribution in [3.63, 3.8) is 0 Å². The number of likely N-dealkylation sites (tertiary alicyclic amines) is 1. The lowest BCUT2D eigenvalue weighted by molar-refractivity contribution is 0.00865. The van der Waals surface area contributed by atoms with Crippen LogP contribution >= 0.6 is 0 Å². The molecular weight excluding hydrogens is 266 g/mol. The summed E-state index contributed by atoms with van der Waals surface area (Å²) in [6, 6.07) is -0.00977. The molecule has 1 amide bonds. The minimum Gasteiger partial charge on any atom is -0.444 e. The first-order chi connectivity index (χ1) is 9.92. The van der Waals surface area contributed by atoms with Gasteiger partial charge in [0, 0.05) is 6.54 Å². The van der Waals surface area contributed by atoms with Gasteiger partial charge in [-0.1, -0.05) is 5.92 Å². The number of hydrogen-bond donors (Lipinski definition) is 0. The van der Waals surface area contributed by atoms with Crippen molar-refractivity contribution in [1.82, 2.24) is 14.5 Å². The number of nitrogens with zero attached hydrogens (tertiary/aromatic N) is 3. The third kappa shape index (κ3) is 3.78. The van der Waals surface area contributed by atoms with Crippen LogP contribution in [0.1, 0.15) is 51.8 Å². The smallest absolute Gasteiger partial charge is 0.410 e. The van der Waals surface area contributed by atoms with E-state index >= 15 is 0 Å². The van der Waals surface area contributed by atoms with Crippen molar-refractivity contribution in [3.8, 4) is 12.3 Å². The van der Waals surface area contributed by atoms with Crippen LogP contribution in [0.25, 0.3) is 0 Å². The molecule has 0 spiro atoms. The Morgan fingerprint density at radius 3 is 2.95 bits per heavy atom. The number of piperidine rings is 1. The first kappa shape index (κ1) is 15.4. The maximum atomic E-state index is 12.4. The molecule has 5 heteroatoms. The third-order valence-corrected chi connectivity index (χ3v) is 3.48. The quantitative estimate of drug-likeness (QED) is 0.786. The van der Waals surface area contributed by atoms with Crippen LogP contribution in [-0.4, -0.2) is 32.7 Å². The molecule has 2 heterocycles. The Morgan fingerprint density at radius 2 is 2.29 bits per heavy atom. The zero-order valence-corrected chi connectivity index (χ0v) is 13.0. The van der Waals surface area contributed by atoms with Gasteiger partial charge in [0.2, 0.25) is 0 Å². The number of carbonyl (C=O) groups excluding carboxylic acids is 1. The van der Waals surface area contributed by atoms with E-state index in [2.05, 4.69) is 10.9 Å². The van der Waals surface area contributed by atoms with Gasteiger partial charge in [-0.3, -0.25) is 4.90 Å². The molecule has 0 radical (unpaired) electrons. The fourth-order valence-electron chi connectivity index (χ4n) is 2.62. The van der Waals surface area contributed by atoms with Crippen molar-refractivity contribution in [2.75, 3.05) is 6.54 Å². The highest BCUT2D eigenvalue weighted by Crippen LogP contribution is 2.32. The van der Waals surface area contributed by atoms with Crippen LogP contribution in [0.4, 0.5) is 4.79 Å². The molecule has 1 saturated heterocycles. The van der Waals surface area contributed by atoms with E-state index in [-0.39, 0.29) is 12.1 Å². The third-order valence-electron chi connectivity index (χ3n) is 3.48. The van der Waals surface area contributed by atoms with Gasteiger partial charge in [0.15, 0.2) is 0 Å². The minimum atomic E-state index is -0.488. The molecule has 1 unspecified atom stereocenters. The fraction of sp³-hybridized carbons (Fsp3) is 0.625. The summed E-state index contributed by atoms with van der Waals surface area (Å²) in [5.41, 5.74) is 0.497. The van der Waals surface area contributed by atoms with E-state index in [9.17, 15) is 4.79 Å². The SMILES string of the molecule is C#CCn1cncc1C1CCCCN1C(=O)OC(C)(C)C.